The number of benzene rings is 6. The van der Waals surface area contributed by atoms with Crippen molar-refractivity contribution in [1.82, 2.24) is 0 Å². The summed E-state index contributed by atoms with van der Waals surface area (Å²) in [5.74, 6) is 0.524. The number of allylic oxidation sites excluding steroid dienone is 1. The molecule has 8 atom stereocenters. The van der Waals surface area contributed by atoms with E-state index >= 15 is 0 Å². The Labute approximate surface area is 396 Å². The van der Waals surface area contributed by atoms with E-state index in [-0.39, 0.29) is 6.61 Å². The van der Waals surface area contributed by atoms with Gasteiger partial charge in [-0.15, -0.1) is 6.58 Å². The molecule has 0 aromatic heterocycles. The molecule has 350 valence electrons. The van der Waals surface area contributed by atoms with Crippen LogP contribution in [0.1, 0.15) is 46.2 Å². The fourth-order valence-electron chi connectivity index (χ4n) is 8.05. The van der Waals surface area contributed by atoms with Crippen LogP contribution in [-0.2, 0) is 82.3 Å². The maximum Gasteiger partial charge on any atom is 0.186 e. The fraction of sp³-hybridized carbons (Fsp3) is 0.310. The molecule has 6 aromatic carbocycles. The molecule has 0 aliphatic carbocycles. The zero-order valence-corrected chi connectivity index (χ0v) is 38.5. The molecule has 9 nitrogen and oxygen atoms in total. The summed E-state index contributed by atoms with van der Waals surface area (Å²) in [6.07, 6.45) is -2.18. The Morgan fingerprint density at radius 3 is 1.37 bits per heavy atom. The van der Waals surface area contributed by atoms with Crippen LogP contribution in [0, 0.1) is 0 Å². The van der Waals surface area contributed by atoms with E-state index in [1.54, 1.807) is 13.2 Å². The van der Waals surface area contributed by atoms with Crippen molar-refractivity contribution >= 4 is 0 Å². The van der Waals surface area contributed by atoms with Gasteiger partial charge in [0.1, 0.15) is 30.5 Å². The normalized spacial score (nSPS) is 19.5. The minimum Gasteiger partial charge on any atom is -0.490 e. The molecule has 1 fully saturated rings. The van der Waals surface area contributed by atoms with Crippen LogP contribution in [0.25, 0.3) is 0 Å². The Kier molecular flexibility index (Phi) is 20.0. The molecule has 9 heteroatoms. The molecule has 0 N–H and O–H groups in total. The smallest absolute Gasteiger partial charge is 0.186 e. The second-order valence-corrected chi connectivity index (χ2v) is 16.6. The number of methoxy groups -OCH3 is 1. The lowest BCUT2D eigenvalue weighted by Gasteiger charge is -2.46. The molecule has 0 amide bonds. The summed E-state index contributed by atoms with van der Waals surface area (Å²) in [7, 11) is 1.63. The highest BCUT2D eigenvalue weighted by molar-refractivity contribution is 5.18. The molecule has 0 saturated carbocycles. The topological polar surface area (TPSA) is 83.1 Å². The second kappa shape index (κ2) is 27.2. The second-order valence-electron chi connectivity index (χ2n) is 16.6. The summed E-state index contributed by atoms with van der Waals surface area (Å²) >= 11 is 0. The Hall–Kier alpha value is -5.72. The molecule has 0 spiro atoms. The number of hydrogen-bond acceptors (Lipinski definition) is 9. The third kappa shape index (κ3) is 15.7. The molecule has 0 unspecified atom stereocenters. The SMILES string of the molecule is C=C[C@H](OCc1ccccc1)[C@@H](OCc1ccccc1)[C@@H](COCc1ccccc1)OC(=C)CC[C@H]1O[C@H](OC)[C@H](OCc2ccccc2)[C@@H](OCc2ccccc2)[C@@H]1OCc1ccccc1. The lowest BCUT2D eigenvalue weighted by Crippen LogP contribution is -2.60. The summed E-state index contributed by atoms with van der Waals surface area (Å²) in [6, 6.07) is 60.4. The zero-order valence-electron chi connectivity index (χ0n) is 38.5. The first-order valence-electron chi connectivity index (χ1n) is 23.1. The van der Waals surface area contributed by atoms with Crippen LogP contribution >= 0.6 is 0 Å². The van der Waals surface area contributed by atoms with Crippen molar-refractivity contribution in [2.24, 2.45) is 0 Å². The molecular formula is C58H64O9. The van der Waals surface area contributed by atoms with Crippen molar-refractivity contribution in [3.63, 3.8) is 0 Å². The predicted octanol–water partition coefficient (Wildman–Crippen LogP) is 11.4. The molecule has 0 radical (unpaired) electrons. The quantitative estimate of drug-likeness (QED) is 0.0353. The van der Waals surface area contributed by atoms with Crippen LogP contribution in [0.2, 0.25) is 0 Å². The van der Waals surface area contributed by atoms with E-state index in [1.165, 1.54) is 0 Å². The maximum atomic E-state index is 6.87. The average molecular weight is 905 g/mol. The highest BCUT2D eigenvalue weighted by atomic mass is 16.7. The van der Waals surface area contributed by atoms with Crippen LogP contribution in [0.15, 0.2) is 207 Å². The van der Waals surface area contributed by atoms with E-state index in [1.807, 2.05) is 182 Å². The Bertz CT molecular complexity index is 2260. The zero-order chi connectivity index (χ0) is 46.3. The molecule has 1 aliphatic heterocycles. The minimum atomic E-state index is -0.759. The van der Waals surface area contributed by atoms with Crippen molar-refractivity contribution in [1.29, 1.82) is 0 Å². The van der Waals surface area contributed by atoms with Gasteiger partial charge in [-0.2, -0.15) is 0 Å². The first kappa shape index (κ1) is 49.2. The molecule has 1 aliphatic rings. The van der Waals surface area contributed by atoms with Gasteiger partial charge in [0.15, 0.2) is 12.4 Å². The van der Waals surface area contributed by atoms with Gasteiger partial charge >= 0.3 is 0 Å². The van der Waals surface area contributed by atoms with Crippen molar-refractivity contribution in [3.05, 3.63) is 240 Å². The van der Waals surface area contributed by atoms with Crippen LogP contribution in [0.4, 0.5) is 0 Å². The Morgan fingerprint density at radius 1 is 0.522 bits per heavy atom. The summed E-state index contributed by atoms with van der Waals surface area (Å²) in [6.45, 7) is 10.9. The van der Waals surface area contributed by atoms with E-state index in [2.05, 4.69) is 13.2 Å². The van der Waals surface area contributed by atoms with Gasteiger partial charge in [0.05, 0.1) is 58.1 Å². The van der Waals surface area contributed by atoms with Crippen molar-refractivity contribution in [2.75, 3.05) is 13.7 Å². The molecule has 1 saturated heterocycles. The standard InChI is InChI=1S/C58H64O9/c1-4-51(61-38-46-25-13-6-14-26-46)54(62-39-47-27-15-7-16-28-47)53(43-60-37-45-23-11-5-12-24-45)66-44(2)35-36-52-55(63-40-48-29-17-8-18-30-48)56(64-41-49-31-19-9-20-32-49)57(58(59-3)67-52)65-42-50-33-21-10-22-34-50/h4-34,51-58H,1-2,35-43H2,3H3/t51-,52+,53+,54+,55+,56-,57+,58-/m0/s1. The van der Waals surface area contributed by atoms with Crippen LogP contribution in [0.3, 0.4) is 0 Å². The minimum absolute atomic E-state index is 0.191. The van der Waals surface area contributed by atoms with Gasteiger partial charge in [0.2, 0.25) is 0 Å². The lowest BCUT2D eigenvalue weighted by atomic mass is 9.94. The van der Waals surface area contributed by atoms with Crippen LogP contribution < -0.4 is 0 Å². The van der Waals surface area contributed by atoms with Crippen molar-refractivity contribution < 1.29 is 42.6 Å². The first-order valence-corrected chi connectivity index (χ1v) is 23.1. The monoisotopic (exact) mass is 904 g/mol. The van der Waals surface area contributed by atoms with Gasteiger partial charge < -0.3 is 42.6 Å². The summed E-state index contributed by atoms with van der Waals surface area (Å²) in [5.41, 5.74) is 6.16. The van der Waals surface area contributed by atoms with E-state index in [0.717, 1.165) is 33.4 Å². The lowest BCUT2D eigenvalue weighted by molar-refractivity contribution is -0.318. The largest absolute Gasteiger partial charge is 0.490 e. The molecular weight excluding hydrogens is 841 g/mol. The fourth-order valence-corrected chi connectivity index (χ4v) is 8.05. The molecule has 0 bridgehead atoms. The van der Waals surface area contributed by atoms with Gasteiger partial charge in [-0.25, -0.2) is 0 Å². The van der Waals surface area contributed by atoms with Gasteiger partial charge in [-0.05, 0) is 39.8 Å². The molecule has 1 heterocycles. The highest BCUT2D eigenvalue weighted by Crippen LogP contribution is 2.34. The van der Waals surface area contributed by atoms with E-state index in [9.17, 15) is 0 Å². The maximum absolute atomic E-state index is 6.87. The molecule has 6 aromatic rings. The van der Waals surface area contributed by atoms with E-state index < -0.39 is 49.0 Å². The van der Waals surface area contributed by atoms with Crippen molar-refractivity contribution in [2.45, 2.75) is 102 Å². The van der Waals surface area contributed by atoms with Crippen LogP contribution in [0.5, 0.6) is 0 Å². The Morgan fingerprint density at radius 2 is 0.925 bits per heavy atom. The third-order valence-corrected chi connectivity index (χ3v) is 11.6. The average Bonchev–Trinajstić information content (AvgIpc) is 3.38. The van der Waals surface area contributed by atoms with Gasteiger partial charge in [-0.1, -0.05) is 195 Å². The number of ether oxygens (including phenoxy) is 9. The summed E-state index contributed by atoms with van der Waals surface area (Å²) < 4.78 is 59.9. The summed E-state index contributed by atoms with van der Waals surface area (Å²) in [5, 5.41) is 0. The summed E-state index contributed by atoms with van der Waals surface area (Å²) in [4.78, 5) is 0. The van der Waals surface area contributed by atoms with E-state index in [4.69, 9.17) is 42.6 Å². The number of hydrogen-bond donors (Lipinski definition) is 0. The van der Waals surface area contributed by atoms with Crippen molar-refractivity contribution in [3.8, 4) is 0 Å². The Balaban J connectivity index is 1.13. The first-order chi connectivity index (χ1) is 33.1. The van der Waals surface area contributed by atoms with Gasteiger partial charge in [0.25, 0.3) is 0 Å². The number of rotatable bonds is 28. The highest BCUT2D eigenvalue weighted by Gasteiger charge is 2.48. The molecule has 7 rings (SSSR count). The third-order valence-electron chi connectivity index (χ3n) is 11.6. The predicted molar refractivity (Wildman–Crippen MR) is 260 cm³/mol. The van der Waals surface area contributed by atoms with Crippen LogP contribution in [-0.4, -0.2) is 62.7 Å². The van der Waals surface area contributed by atoms with E-state index in [0.29, 0.717) is 58.2 Å². The van der Waals surface area contributed by atoms with Gasteiger partial charge in [0, 0.05) is 13.5 Å². The molecule has 67 heavy (non-hydrogen) atoms. The van der Waals surface area contributed by atoms with Gasteiger partial charge in [-0.3, -0.25) is 0 Å².